The van der Waals surface area contributed by atoms with E-state index in [9.17, 15) is 8.78 Å². The third-order valence-corrected chi connectivity index (χ3v) is 7.63. The quantitative estimate of drug-likeness (QED) is 0.190. The van der Waals surface area contributed by atoms with Crippen LogP contribution in [-0.4, -0.2) is 43.2 Å². The second-order valence-corrected chi connectivity index (χ2v) is 11.1. The third-order valence-electron chi connectivity index (χ3n) is 7.63. The maximum atomic E-state index is 13.5. The zero-order chi connectivity index (χ0) is 33.0. The minimum atomic E-state index is -0.606. The smallest absolute Gasteiger partial charge is 0.183 e. The fraction of sp³-hybridized carbons (Fsp3) is 0.139. The molecule has 0 bridgehead atoms. The van der Waals surface area contributed by atoms with E-state index in [0.29, 0.717) is 31.4 Å². The lowest BCUT2D eigenvalue weighted by molar-refractivity contribution is 0.171. The van der Waals surface area contributed by atoms with E-state index >= 15 is 0 Å². The van der Waals surface area contributed by atoms with Gasteiger partial charge in [-0.25, -0.2) is 13.5 Å². The van der Waals surface area contributed by atoms with Gasteiger partial charge in [-0.1, -0.05) is 30.3 Å². The Bertz CT molecular complexity index is 2260. The summed E-state index contributed by atoms with van der Waals surface area (Å²) in [6.07, 6.45) is 3.26. The molecule has 0 unspecified atom stereocenters. The Kier molecular flexibility index (Phi) is 8.44. The highest BCUT2D eigenvalue weighted by atomic mass is 19.1. The average molecular weight is 645 g/mol. The summed E-state index contributed by atoms with van der Waals surface area (Å²) in [6, 6.07) is 24.9. The van der Waals surface area contributed by atoms with Gasteiger partial charge in [-0.2, -0.15) is 5.10 Å². The maximum absolute atomic E-state index is 13.5. The second kappa shape index (κ2) is 13.3. The lowest BCUT2D eigenvalue weighted by atomic mass is 10.1. The molecule has 4 aromatic carbocycles. The molecule has 240 valence electrons. The van der Waals surface area contributed by atoms with Gasteiger partial charge in [0.25, 0.3) is 0 Å². The summed E-state index contributed by atoms with van der Waals surface area (Å²) in [7, 11) is 0. The normalized spacial score (nSPS) is 12.0. The predicted molar refractivity (Wildman–Crippen MR) is 180 cm³/mol. The minimum absolute atomic E-state index is 0.269. The lowest BCUT2D eigenvalue weighted by Gasteiger charge is -2.19. The summed E-state index contributed by atoms with van der Waals surface area (Å²) in [5.74, 6) is 1.69. The topological polar surface area (TPSA) is 112 Å². The van der Waals surface area contributed by atoms with Crippen LogP contribution >= 0.6 is 0 Å². The number of hydrogen-bond donors (Lipinski definition) is 2. The number of ether oxygens (including phenoxy) is 2. The molecule has 7 aromatic rings. The molecular weight excluding hydrogens is 614 g/mol. The highest BCUT2D eigenvalue weighted by Gasteiger charge is 2.16. The molecule has 1 aliphatic heterocycles. The first kappa shape index (κ1) is 30.5. The average Bonchev–Trinajstić information content (AvgIpc) is 3.45. The van der Waals surface area contributed by atoms with Crippen molar-refractivity contribution in [2.75, 3.05) is 23.8 Å². The summed E-state index contributed by atoms with van der Waals surface area (Å²) >= 11 is 0. The highest BCUT2D eigenvalue weighted by molar-refractivity contribution is 5.97. The van der Waals surface area contributed by atoms with Gasteiger partial charge in [0.1, 0.15) is 24.8 Å². The summed E-state index contributed by atoms with van der Waals surface area (Å²) in [4.78, 5) is 8.39. The number of nitrogens with zero attached hydrogens (tertiary/aromatic N) is 6. The van der Waals surface area contributed by atoms with Crippen molar-refractivity contribution < 1.29 is 18.3 Å². The number of rotatable bonds is 6. The van der Waals surface area contributed by atoms with E-state index in [1.165, 1.54) is 12.1 Å². The second-order valence-electron chi connectivity index (χ2n) is 11.1. The van der Waals surface area contributed by atoms with Gasteiger partial charge in [-0.15, -0.1) is 10.2 Å². The molecule has 10 nitrogen and oxygen atoms in total. The molecule has 0 radical (unpaired) electrons. The van der Waals surface area contributed by atoms with Crippen LogP contribution < -0.4 is 20.1 Å². The van der Waals surface area contributed by atoms with Crippen LogP contribution in [0.1, 0.15) is 17.0 Å². The van der Waals surface area contributed by atoms with E-state index in [2.05, 4.69) is 35.9 Å². The van der Waals surface area contributed by atoms with Crippen LogP contribution in [0.15, 0.2) is 97.3 Å². The van der Waals surface area contributed by atoms with Crippen molar-refractivity contribution in [3.8, 4) is 17.3 Å². The number of anilines is 3. The predicted octanol–water partition coefficient (Wildman–Crippen LogP) is 7.47. The zero-order valence-electron chi connectivity index (χ0n) is 26.1. The van der Waals surface area contributed by atoms with Crippen LogP contribution in [0.2, 0.25) is 0 Å². The van der Waals surface area contributed by atoms with E-state index in [4.69, 9.17) is 9.47 Å². The van der Waals surface area contributed by atoms with Crippen LogP contribution in [0.4, 0.5) is 26.0 Å². The molecule has 48 heavy (non-hydrogen) atoms. The Balaban J connectivity index is 0.000000161. The molecule has 0 atom stereocenters. The number of benzene rings is 4. The molecule has 3 aromatic heterocycles. The molecule has 2 N–H and O–H groups in total. The monoisotopic (exact) mass is 644 g/mol. The van der Waals surface area contributed by atoms with Crippen molar-refractivity contribution in [3.63, 3.8) is 0 Å². The molecular formula is C36H30F2N8O2. The van der Waals surface area contributed by atoms with Gasteiger partial charge in [-0.05, 0) is 61.9 Å². The van der Waals surface area contributed by atoms with Crippen LogP contribution in [0.25, 0.3) is 27.6 Å². The Morgan fingerprint density at radius 3 is 2.35 bits per heavy atom. The van der Waals surface area contributed by atoms with Gasteiger partial charge in [0.05, 0.1) is 22.4 Å². The minimum Gasteiger partial charge on any atom is -0.486 e. The molecule has 0 saturated heterocycles. The molecule has 0 fully saturated rings. The van der Waals surface area contributed by atoms with E-state index < -0.39 is 11.6 Å². The fourth-order valence-corrected chi connectivity index (χ4v) is 5.39. The number of fused-ring (bicyclic) bond motifs is 3. The molecule has 8 rings (SSSR count). The van der Waals surface area contributed by atoms with Gasteiger partial charge in [0, 0.05) is 53.2 Å². The Morgan fingerprint density at radius 2 is 1.56 bits per heavy atom. The van der Waals surface area contributed by atoms with Gasteiger partial charge in [0.15, 0.2) is 23.1 Å². The number of hydrogen-bond acceptors (Lipinski definition) is 9. The third kappa shape index (κ3) is 6.54. The first-order chi connectivity index (χ1) is 23.4. The van der Waals surface area contributed by atoms with Crippen molar-refractivity contribution in [1.82, 2.24) is 29.9 Å². The van der Waals surface area contributed by atoms with E-state index in [1.807, 2.05) is 85.3 Å². The van der Waals surface area contributed by atoms with Crippen molar-refractivity contribution in [2.24, 2.45) is 0 Å². The lowest BCUT2D eigenvalue weighted by Crippen LogP contribution is -2.15. The number of aromatic nitrogens is 6. The van der Waals surface area contributed by atoms with Crippen molar-refractivity contribution in [3.05, 3.63) is 126 Å². The highest BCUT2D eigenvalue weighted by Crippen LogP contribution is 2.35. The Labute approximate surface area is 274 Å². The maximum Gasteiger partial charge on any atom is 0.183 e. The van der Waals surface area contributed by atoms with E-state index in [0.717, 1.165) is 62.0 Å². The van der Waals surface area contributed by atoms with Crippen molar-refractivity contribution in [1.29, 1.82) is 0 Å². The molecule has 12 heteroatoms. The summed E-state index contributed by atoms with van der Waals surface area (Å²) < 4.78 is 39.4. The summed E-state index contributed by atoms with van der Waals surface area (Å²) in [6.45, 7) is 5.53. The van der Waals surface area contributed by atoms with Gasteiger partial charge < -0.3 is 20.1 Å². The largest absolute Gasteiger partial charge is 0.486 e. The van der Waals surface area contributed by atoms with Crippen molar-refractivity contribution in [2.45, 2.75) is 20.4 Å². The molecule has 4 heterocycles. The van der Waals surface area contributed by atoms with Crippen LogP contribution in [0, 0.1) is 25.5 Å². The fourth-order valence-electron chi connectivity index (χ4n) is 5.39. The molecule has 0 saturated carbocycles. The van der Waals surface area contributed by atoms with Gasteiger partial charge in [-0.3, -0.25) is 9.97 Å². The summed E-state index contributed by atoms with van der Waals surface area (Å²) in [5, 5.41) is 21.7. The number of nitrogens with one attached hydrogen (secondary N) is 2. The zero-order valence-corrected chi connectivity index (χ0v) is 26.1. The molecule has 1 aliphatic rings. The van der Waals surface area contributed by atoms with Gasteiger partial charge in [0.2, 0.25) is 0 Å². The van der Waals surface area contributed by atoms with E-state index in [-0.39, 0.29) is 5.69 Å². The SMILES string of the molecule is Cc1cc(C)n(-c2nnc(Nc3ccc4c(c3)OCCO4)c3ccccc23)n1.Fc1ccc(NCc2ccc3nccnc3c2)c(F)c1. The molecule has 0 aliphatic carbocycles. The van der Waals surface area contributed by atoms with Crippen LogP contribution in [-0.2, 0) is 6.54 Å². The first-order valence-corrected chi connectivity index (χ1v) is 15.3. The van der Waals surface area contributed by atoms with Crippen LogP contribution in [0.3, 0.4) is 0 Å². The van der Waals surface area contributed by atoms with Crippen LogP contribution in [0.5, 0.6) is 11.5 Å². The Hall–Kier alpha value is -6.17. The Morgan fingerprint density at radius 1 is 0.771 bits per heavy atom. The standard InChI is InChI=1S/C21H19N5O2.C15H11F2N3/c1-13-11-14(2)26(25-13)21-17-6-4-3-5-16(17)20(23-24-21)22-15-7-8-18-19(12-15)28-10-9-27-18;16-11-2-4-13(12(17)8-11)20-9-10-1-3-14-15(7-10)19-6-5-18-14/h3-8,11-12H,9-10H2,1-2H3,(H,22,23);1-8,20H,9H2. The molecule has 0 amide bonds. The molecule has 0 spiro atoms. The number of aryl methyl sites for hydroxylation is 2. The number of halogens is 2. The van der Waals surface area contributed by atoms with E-state index in [1.54, 1.807) is 12.4 Å². The van der Waals surface area contributed by atoms with Gasteiger partial charge >= 0.3 is 0 Å². The summed E-state index contributed by atoms with van der Waals surface area (Å²) in [5.41, 5.74) is 5.64. The van der Waals surface area contributed by atoms with Crippen molar-refractivity contribution >= 4 is 39.0 Å². The first-order valence-electron chi connectivity index (χ1n) is 15.3.